The van der Waals surface area contributed by atoms with E-state index in [1.807, 2.05) is 0 Å². The molecule has 0 aliphatic carbocycles. The molecule has 20 heteroatoms. The van der Waals surface area contributed by atoms with Gasteiger partial charge in [0.05, 0.1) is 10.6 Å². The number of ether oxygens (including phenoxy) is 1. The van der Waals surface area contributed by atoms with Crippen molar-refractivity contribution >= 4 is 17.6 Å². The molecule has 0 aromatic heterocycles. The minimum atomic E-state index is -8.57. The van der Waals surface area contributed by atoms with E-state index in [1.165, 1.54) is 0 Å². The zero-order valence-corrected chi connectivity index (χ0v) is 16.3. The first-order valence-electron chi connectivity index (χ1n) is 7.89. The lowest BCUT2D eigenvalue weighted by molar-refractivity contribution is -0.457. The van der Waals surface area contributed by atoms with E-state index in [4.69, 9.17) is 16.7 Å². The lowest BCUT2D eigenvalue weighted by Crippen LogP contribution is -2.73. The molecule has 1 rings (SSSR count). The summed E-state index contributed by atoms with van der Waals surface area (Å²) < 4.78 is 213. The Morgan fingerprint density at radius 2 is 1.14 bits per heavy atom. The molecule has 1 aromatic carbocycles. The topological polar surface area (TPSA) is 46.5 Å². The summed E-state index contributed by atoms with van der Waals surface area (Å²) >= 11 is 5.29. The molecule has 0 aliphatic heterocycles. The fourth-order valence-corrected chi connectivity index (χ4v) is 2.31. The molecule has 0 bridgehead atoms. The molecule has 35 heavy (non-hydrogen) atoms. The second kappa shape index (κ2) is 8.65. The van der Waals surface area contributed by atoms with Gasteiger partial charge < -0.3 is 9.84 Å². The predicted octanol–water partition coefficient (Wildman–Crippen LogP) is 7.09. The molecular weight excluding hydrogens is 568 g/mol. The molecule has 0 radical (unpaired) electrons. The van der Waals surface area contributed by atoms with Gasteiger partial charge in [-0.3, -0.25) is 0 Å². The smallest absolute Gasteiger partial charge is 0.460 e. The Kier molecular flexibility index (Phi) is 7.58. The van der Waals surface area contributed by atoms with Gasteiger partial charge in [0.1, 0.15) is 5.75 Å². The summed E-state index contributed by atoms with van der Waals surface area (Å²) in [6.45, 7) is 0. The average molecular weight is 573 g/mol. The lowest BCUT2D eigenvalue weighted by Gasteiger charge is -2.41. The fourth-order valence-electron chi connectivity index (χ4n) is 2.06. The van der Waals surface area contributed by atoms with Crippen molar-refractivity contribution in [2.24, 2.45) is 0 Å². The number of carboxylic acid groups (broad SMARTS) is 1. The first-order chi connectivity index (χ1) is 15.2. The summed E-state index contributed by atoms with van der Waals surface area (Å²) in [6.07, 6.45) is -13.0. The Bertz CT molecular complexity index is 958. The molecule has 0 saturated heterocycles. The molecule has 0 aliphatic rings. The Morgan fingerprint density at radius 3 is 1.51 bits per heavy atom. The monoisotopic (exact) mass is 572 g/mol. The zero-order valence-electron chi connectivity index (χ0n) is 15.5. The first kappa shape index (κ1) is 30.7. The maximum absolute atomic E-state index is 13.7. The van der Waals surface area contributed by atoms with Crippen molar-refractivity contribution in [2.75, 3.05) is 0 Å². The van der Waals surface area contributed by atoms with Crippen LogP contribution in [-0.2, 0) is 0 Å². The van der Waals surface area contributed by atoms with Gasteiger partial charge in [0.15, 0.2) is 0 Å². The van der Waals surface area contributed by atoms with E-state index in [0.29, 0.717) is 6.07 Å². The van der Waals surface area contributed by atoms with Gasteiger partial charge in [-0.1, -0.05) is 11.6 Å². The third-order valence-corrected chi connectivity index (χ3v) is 4.36. The number of alkyl halides is 16. The van der Waals surface area contributed by atoms with Crippen LogP contribution in [0.4, 0.5) is 70.2 Å². The van der Waals surface area contributed by atoms with E-state index >= 15 is 0 Å². The number of carboxylic acids is 1. The molecule has 0 heterocycles. The van der Waals surface area contributed by atoms with E-state index in [0.717, 1.165) is 0 Å². The van der Waals surface area contributed by atoms with Crippen LogP contribution < -0.4 is 4.74 Å². The van der Waals surface area contributed by atoms with Crippen molar-refractivity contribution in [1.29, 1.82) is 0 Å². The van der Waals surface area contributed by atoms with Crippen molar-refractivity contribution in [1.82, 2.24) is 0 Å². The summed E-state index contributed by atoms with van der Waals surface area (Å²) in [5.74, 6) is -52.3. The van der Waals surface area contributed by atoms with E-state index in [2.05, 4.69) is 4.74 Å². The molecule has 202 valence electrons. The number of aromatic carboxylic acids is 1. The highest BCUT2D eigenvalue weighted by atomic mass is 35.5. The normalized spacial score (nSPS) is 15.7. The number of halogens is 17. The van der Waals surface area contributed by atoms with Crippen LogP contribution in [0.25, 0.3) is 0 Å². The minimum absolute atomic E-state index is 0.108. The third kappa shape index (κ3) is 4.50. The van der Waals surface area contributed by atoms with Crippen LogP contribution in [0, 0.1) is 0 Å². The first-order valence-corrected chi connectivity index (χ1v) is 8.26. The van der Waals surface area contributed by atoms with Gasteiger partial charge in [0, 0.05) is 0 Å². The van der Waals surface area contributed by atoms with Crippen LogP contribution in [-0.4, -0.2) is 59.1 Å². The number of carbonyl (C=O) groups is 1. The zero-order chi connectivity index (χ0) is 28.2. The van der Waals surface area contributed by atoms with Crippen LogP contribution in [0.1, 0.15) is 10.4 Å². The van der Waals surface area contributed by atoms with Crippen LogP contribution in [0.3, 0.4) is 0 Å². The second-order valence-electron chi connectivity index (χ2n) is 6.37. The number of hydrogen-bond acceptors (Lipinski definition) is 2. The van der Waals surface area contributed by atoms with E-state index in [-0.39, 0.29) is 12.1 Å². The molecule has 0 saturated carbocycles. The number of benzene rings is 1. The summed E-state index contributed by atoms with van der Waals surface area (Å²) in [7, 11) is 0. The van der Waals surface area contributed by atoms with Crippen LogP contribution >= 0.6 is 11.6 Å². The maximum Gasteiger partial charge on any atom is 0.460 e. The Labute approximate surface area is 186 Å². The van der Waals surface area contributed by atoms with Crippen molar-refractivity contribution in [2.45, 2.75) is 48.1 Å². The molecule has 1 aromatic rings. The number of rotatable bonds is 9. The largest absolute Gasteiger partial charge is 0.478 e. The Morgan fingerprint density at radius 1 is 0.743 bits per heavy atom. The van der Waals surface area contributed by atoms with Crippen LogP contribution in [0.5, 0.6) is 5.75 Å². The summed E-state index contributed by atoms with van der Waals surface area (Å²) in [6, 6.07) is 0.656. The van der Waals surface area contributed by atoms with Crippen LogP contribution in [0.2, 0.25) is 5.02 Å². The van der Waals surface area contributed by atoms with Crippen molar-refractivity contribution in [3.8, 4) is 5.75 Å². The van der Waals surface area contributed by atoms with Gasteiger partial charge in [-0.15, -0.1) is 0 Å². The number of hydrogen-bond donors (Lipinski definition) is 1. The average Bonchev–Trinajstić information content (AvgIpc) is 2.65. The molecule has 1 atom stereocenters. The van der Waals surface area contributed by atoms with Crippen LogP contribution in [0.15, 0.2) is 18.2 Å². The summed E-state index contributed by atoms with van der Waals surface area (Å²) in [5.41, 5.74) is -0.842. The standard InChI is InChI=1S/C15H5ClF16O3/c16-6-3-4(1-2-5(6)7(33)34)35-8(17)9(18,19)10(20,21)11(22,23)12(24,25)13(26,27)14(28,29)15(30,31)32/h1-3,8H,(H,33,34). The van der Waals surface area contributed by atoms with Crippen molar-refractivity contribution in [3.05, 3.63) is 28.8 Å². The molecular formula is C15H5ClF16O3. The minimum Gasteiger partial charge on any atom is -0.478 e. The quantitative estimate of drug-likeness (QED) is 0.322. The maximum atomic E-state index is 13.7. The molecule has 0 fully saturated rings. The van der Waals surface area contributed by atoms with Gasteiger partial charge >= 0.3 is 54.0 Å². The molecule has 0 amide bonds. The van der Waals surface area contributed by atoms with E-state index in [1.54, 1.807) is 0 Å². The fraction of sp³-hybridized carbons (Fsp3) is 0.533. The van der Waals surface area contributed by atoms with Crippen molar-refractivity contribution < 1.29 is 84.9 Å². The van der Waals surface area contributed by atoms with Crippen molar-refractivity contribution in [3.63, 3.8) is 0 Å². The highest BCUT2D eigenvalue weighted by Gasteiger charge is 2.94. The lowest BCUT2D eigenvalue weighted by atomic mass is 9.91. The predicted molar refractivity (Wildman–Crippen MR) is 79.7 cm³/mol. The summed E-state index contributed by atoms with van der Waals surface area (Å²) in [5, 5.41) is 7.69. The molecule has 0 spiro atoms. The Hall–Kier alpha value is -2.34. The highest BCUT2D eigenvalue weighted by Crippen LogP contribution is 2.62. The Balaban J connectivity index is 3.47. The molecule has 3 nitrogen and oxygen atoms in total. The second-order valence-corrected chi connectivity index (χ2v) is 6.78. The molecule has 1 unspecified atom stereocenters. The molecule has 1 N–H and O–H groups in total. The SMILES string of the molecule is O=C(O)c1ccc(OC(F)C(F)(F)C(F)(F)C(F)(F)C(F)(F)C(F)(F)C(F)(F)C(F)(F)F)cc1Cl. The van der Waals surface area contributed by atoms with Gasteiger partial charge in [-0.2, -0.15) is 70.2 Å². The van der Waals surface area contributed by atoms with Gasteiger partial charge in [-0.25, -0.2) is 4.79 Å². The van der Waals surface area contributed by atoms with Gasteiger partial charge in [0.25, 0.3) is 0 Å². The highest BCUT2D eigenvalue weighted by molar-refractivity contribution is 6.33. The van der Waals surface area contributed by atoms with Gasteiger partial charge in [0.2, 0.25) is 0 Å². The van der Waals surface area contributed by atoms with Gasteiger partial charge in [-0.05, 0) is 18.2 Å². The van der Waals surface area contributed by atoms with E-state index in [9.17, 15) is 75.0 Å². The van der Waals surface area contributed by atoms with E-state index < -0.39 is 70.4 Å². The summed E-state index contributed by atoms with van der Waals surface area (Å²) in [4.78, 5) is 10.7. The third-order valence-electron chi connectivity index (χ3n) is 4.05.